The number of aromatic nitrogens is 5. The molecule has 0 N–H and O–H groups in total. The number of fused-ring (bicyclic) bond motifs is 1. The van der Waals surface area contributed by atoms with Crippen LogP contribution >= 0.6 is 0 Å². The molecule has 2 aliphatic rings. The summed E-state index contributed by atoms with van der Waals surface area (Å²) < 4.78 is 1.97. The Morgan fingerprint density at radius 2 is 1.67 bits per heavy atom. The summed E-state index contributed by atoms with van der Waals surface area (Å²) in [6.45, 7) is 7.85. The summed E-state index contributed by atoms with van der Waals surface area (Å²) in [5.41, 5.74) is 4.16. The first-order chi connectivity index (χ1) is 13.2. The predicted octanol–water partition coefficient (Wildman–Crippen LogP) is 2.73. The zero-order chi connectivity index (χ0) is 18.4. The van der Waals surface area contributed by atoms with Gasteiger partial charge in [0.25, 0.3) is 0 Å². The minimum atomic E-state index is 0.643. The van der Waals surface area contributed by atoms with E-state index in [4.69, 9.17) is 0 Å². The number of rotatable bonds is 3. The van der Waals surface area contributed by atoms with Crippen LogP contribution in [-0.4, -0.2) is 50.7 Å². The van der Waals surface area contributed by atoms with E-state index in [1.807, 2.05) is 24.4 Å². The molecule has 5 rings (SSSR count). The first-order valence-corrected chi connectivity index (χ1v) is 9.83. The number of hydrogen-bond acceptors (Lipinski definition) is 6. The van der Waals surface area contributed by atoms with Crippen LogP contribution in [0.2, 0.25) is 0 Å². The number of anilines is 2. The Kier molecular flexibility index (Phi) is 3.95. The normalized spacial score (nSPS) is 18.1. The third kappa shape index (κ3) is 3.01. The summed E-state index contributed by atoms with van der Waals surface area (Å²) in [6.07, 6.45) is 5.60. The molecule has 0 aromatic carbocycles. The van der Waals surface area contributed by atoms with Gasteiger partial charge in [-0.15, -0.1) is 0 Å². The molecule has 27 heavy (non-hydrogen) atoms. The second-order valence-corrected chi connectivity index (χ2v) is 7.71. The number of piperazine rings is 1. The summed E-state index contributed by atoms with van der Waals surface area (Å²) in [7, 11) is 0. The Hall–Kier alpha value is -2.70. The lowest BCUT2D eigenvalue weighted by Crippen LogP contribution is -2.47. The van der Waals surface area contributed by atoms with E-state index in [0.717, 1.165) is 54.8 Å². The van der Waals surface area contributed by atoms with Crippen LogP contribution in [0.1, 0.15) is 42.3 Å². The summed E-state index contributed by atoms with van der Waals surface area (Å²) >= 11 is 0. The molecule has 0 unspecified atom stereocenters. The van der Waals surface area contributed by atoms with E-state index in [1.54, 1.807) is 6.33 Å². The number of hydrogen-bond donors (Lipinski definition) is 0. The summed E-state index contributed by atoms with van der Waals surface area (Å²) in [6, 6.07) is 6.37. The van der Waals surface area contributed by atoms with Gasteiger partial charge < -0.3 is 9.80 Å². The van der Waals surface area contributed by atoms with Gasteiger partial charge in [0.2, 0.25) is 0 Å². The summed E-state index contributed by atoms with van der Waals surface area (Å²) in [4.78, 5) is 18.4. The van der Waals surface area contributed by atoms with Crippen molar-refractivity contribution in [2.75, 3.05) is 36.0 Å². The quantitative estimate of drug-likeness (QED) is 0.713. The highest BCUT2D eigenvalue weighted by atomic mass is 15.4. The lowest BCUT2D eigenvalue weighted by Gasteiger charge is -2.37. The highest BCUT2D eigenvalue weighted by Crippen LogP contribution is 2.36. The van der Waals surface area contributed by atoms with Gasteiger partial charge in [-0.3, -0.25) is 0 Å². The van der Waals surface area contributed by atoms with Crippen LogP contribution in [0.5, 0.6) is 0 Å². The van der Waals surface area contributed by atoms with E-state index in [1.165, 1.54) is 25.0 Å². The molecule has 1 aliphatic carbocycles. The molecule has 2 fully saturated rings. The molecule has 3 aromatic rings. The molecule has 7 nitrogen and oxygen atoms in total. The van der Waals surface area contributed by atoms with Crippen molar-refractivity contribution in [1.29, 1.82) is 0 Å². The van der Waals surface area contributed by atoms with E-state index in [-0.39, 0.29) is 0 Å². The van der Waals surface area contributed by atoms with Crippen molar-refractivity contribution in [2.45, 2.75) is 39.0 Å². The van der Waals surface area contributed by atoms with Crippen molar-refractivity contribution in [3.05, 3.63) is 41.6 Å². The second-order valence-electron chi connectivity index (χ2n) is 7.71. The Bertz CT molecular complexity index is 968. The molecule has 0 atom stereocenters. The monoisotopic (exact) mass is 363 g/mol. The molecule has 1 saturated heterocycles. The summed E-state index contributed by atoms with van der Waals surface area (Å²) in [5, 5.41) is 4.63. The molecule has 0 amide bonds. The maximum Gasteiger partial charge on any atom is 0.157 e. The van der Waals surface area contributed by atoms with E-state index in [9.17, 15) is 0 Å². The van der Waals surface area contributed by atoms with Crippen LogP contribution in [0.25, 0.3) is 5.65 Å². The smallest absolute Gasteiger partial charge is 0.157 e. The fraction of sp³-hybridized carbons (Fsp3) is 0.500. The Morgan fingerprint density at radius 1 is 0.889 bits per heavy atom. The van der Waals surface area contributed by atoms with Gasteiger partial charge in [-0.25, -0.2) is 15.0 Å². The van der Waals surface area contributed by atoms with Crippen LogP contribution in [0, 0.1) is 13.8 Å². The van der Waals surface area contributed by atoms with Crippen molar-refractivity contribution in [3.63, 3.8) is 0 Å². The third-order valence-electron chi connectivity index (χ3n) is 5.78. The minimum Gasteiger partial charge on any atom is -0.353 e. The van der Waals surface area contributed by atoms with Gasteiger partial charge in [-0.05, 0) is 26.7 Å². The van der Waals surface area contributed by atoms with Crippen molar-refractivity contribution in [2.24, 2.45) is 0 Å². The van der Waals surface area contributed by atoms with Gasteiger partial charge in [0, 0.05) is 61.7 Å². The maximum atomic E-state index is 4.63. The van der Waals surface area contributed by atoms with Gasteiger partial charge >= 0.3 is 0 Å². The van der Waals surface area contributed by atoms with Gasteiger partial charge in [0.15, 0.2) is 5.65 Å². The van der Waals surface area contributed by atoms with Crippen molar-refractivity contribution >= 4 is 17.3 Å². The average Bonchev–Trinajstić information content (AvgIpc) is 3.00. The van der Waals surface area contributed by atoms with Crippen LogP contribution in [0.3, 0.4) is 0 Å². The SMILES string of the molecule is Cc1cc(N2CCN(c3cc(C4CCC4)ncn3)CC2)n2nc(C)cc2n1. The molecule has 3 aromatic heterocycles. The average molecular weight is 363 g/mol. The number of nitrogens with zero attached hydrogens (tertiary/aromatic N) is 7. The molecule has 1 aliphatic heterocycles. The molecular formula is C20H25N7. The van der Waals surface area contributed by atoms with Crippen LogP contribution in [0.15, 0.2) is 24.5 Å². The van der Waals surface area contributed by atoms with Gasteiger partial charge in [-0.1, -0.05) is 6.42 Å². The molecular weight excluding hydrogens is 338 g/mol. The van der Waals surface area contributed by atoms with Gasteiger partial charge in [-0.2, -0.15) is 9.61 Å². The molecule has 1 saturated carbocycles. The fourth-order valence-electron chi connectivity index (χ4n) is 4.05. The Balaban J connectivity index is 1.35. The Labute approximate surface area is 159 Å². The topological polar surface area (TPSA) is 62.5 Å². The molecule has 0 bridgehead atoms. The van der Waals surface area contributed by atoms with Crippen LogP contribution in [0.4, 0.5) is 11.6 Å². The van der Waals surface area contributed by atoms with E-state index in [0.29, 0.717) is 5.92 Å². The highest BCUT2D eigenvalue weighted by molar-refractivity contribution is 5.53. The zero-order valence-electron chi connectivity index (χ0n) is 16.0. The Morgan fingerprint density at radius 3 is 2.41 bits per heavy atom. The molecule has 7 heteroatoms. The summed E-state index contributed by atoms with van der Waals surface area (Å²) in [5.74, 6) is 2.84. The maximum absolute atomic E-state index is 4.63. The zero-order valence-corrected chi connectivity index (χ0v) is 16.0. The van der Waals surface area contributed by atoms with Crippen LogP contribution < -0.4 is 9.80 Å². The van der Waals surface area contributed by atoms with E-state index in [2.05, 4.69) is 42.0 Å². The standard InChI is InChI=1S/C20H25N7/c1-14-11-20(27-19(23-14)10-15(2)24-27)26-8-6-25(7-9-26)18-12-17(21-13-22-18)16-4-3-5-16/h10-13,16H,3-9H2,1-2H3. The predicted molar refractivity (Wildman–Crippen MR) is 106 cm³/mol. The lowest BCUT2D eigenvalue weighted by atomic mass is 9.83. The molecule has 0 spiro atoms. The fourth-order valence-corrected chi connectivity index (χ4v) is 4.05. The molecule has 4 heterocycles. The first-order valence-electron chi connectivity index (χ1n) is 9.83. The minimum absolute atomic E-state index is 0.643. The molecule has 140 valence electrons. The van der Waals surface area contributed by atoms with Crippen molar-refractivity contribution in [3.8, 4) is 0 Å². The highest BCUT2D eigenvalue weighted by Gasteiger charge is 2.24. The largest absolute Gasteiger partial charge is 0.353 e. The van der Waals surface area contributed by atoms with E-state index < -0.39 is 0 Å². The van der Waals surface area contributed by atoms with Crippen molar-refractivity contribution < 1.29 is 0 Å². The van der Waals surface area contributed by atoms with Crippen molar-refractivity contribution in [1.82, 2.24) is 24.6 Å². The first kappa shape index (κ1) is 16.5. The number of aryl methyl sites for hydroxylation is 2. The van der Waals surface area contributed by atoms with Crippen LogP contribution in [-0.2, 0) is 0 Å². The third-order valence-corrected chi connectivity index (χ3v) is 5.78. The van der Waals surface area contributed by atoms with Gasteiger partial charge in [0.05, 0.1) is 5.69 Å². The van der Waals surface area contributed by atoms with E-state index >= 15 is 0 Å². The molecule has 0 radical (unpaired) electrons. The second kappa shape index (κ2) is 6.48. The lowest BCUT2D eigenvalue weighted by molar-refractivity contribution is 0.410. The van der Waals surface area contributed by atoms with Gasteiger partial charge in [0.1, 0.15) is 18.0 Å².